The fourth-order valence-corrected chi connectivity index (χ4v) is 4.99. The lowest BCUT2D eigenvalue weighted by Gasteiger charge is -2.20. The van der Waals surface area contributed by atoms with E-state index in [1.54, 1.807) is 6.07 Å². The van der Waals surface area contributed by atoms with Gasteiger partial charge in [0.1, 0.15) is 17.0 Å². The van der Waals surface area contributed by atoms with Crippen molar-refractivity contribution in [1.29, 1.82) is 0 Å². The Morgan fingerprint density at radius 3 is 2.38 bits per heavy atom. The SMILES string of the molecule is CC(C)(O)c1nc2nc(C3CCCCC3)sc2cc1NC(=O)c1cccc(C(F)(F)F)n1.CO. The minimum atomic E-state index is -4.66. The Hall–Kier alpha value is -2.63. The molecular weight excluding hydrogens is 469 g/mol. The number of amides is 1. The van der Waals surface area contributed by atoms with E-state index in [0.29, 0.717) is 11.6 Å². The molecule has 0 atom stereocenters. The summed E-state index contributed by atoms with van der Waals surface area (Å²) in [6.45, 7) is 3.04. The van der Waals surface area contributed by atoms with E-state index in [-0.39, 0.29) is 17.1 Å². The summed E-state index contributed by atoms with van der Waals surface area (Å²) in [6, 6.07) is 4.80. The number of halogens is 3. The van der Waals surface area contributed by atoms with Crippen molar-refractivity contribution in [3.63, 3.8) is 0 Å². The topological polar surface area (TPSA) is 108 Å². The number of aliphatic hydroxyl groups is 2. The minimum Gasteiger partial charge on any atom is -0.400 e. The molecule has 0 unspecified atom stereocenters. The molecule has 7 nitrogen and oxygen atoms in total. The van der Waals surface area contributed by atoms with Crippen LogP contribution in [0.5, 0.6) is 0 Å². The zero-order valence-corrected chi connectivity index (χ0v) is 19.9. The van der Waals surface area contributed by atoms with Gasteiger partial charge in [-0.05, 0) is 44.9 Å². The van der Waals surface area contributed by atoms with Gasteiger partial charge in [-0.15, -0.1) is 11.3 Å². The summed E-state index contributed by atoms with van der Waals surface area (Å²) in [5, 5.41) is 21.2. The molecule has 0 saturated heterocycles. The predicted molar refractivity (Wildman–Crippen MR) is 124 cm³/mol. The number of rotatable bonds is 4. The van der Waals surface area contributed by atoms with Gasteiger partial charge < -0.3 is 15.5 Å². The van der Waals surface area contributed by atoms with Crippen LogP contribution in [0.2, 0.25) is 0 Å². The molecule has 0 spiro atoms. The highest BCUT2D eigenvalue weighted by Gasteiger charge is 2.33. The molecule has 1 saturated carbocycles. The first-order valence-electron chi connectivity index (χ1n) is 10.9. The Bertz CT molecular complexity index is 1150. The van der Waals surface area contributed by atoms with Gasteiger partial charge in [-0.1, -0.05) is 25.3 Å². The van der Waals surface area contributed by atoms with Crippen LogP contribution in [-0.2, 0) is 11.8 Å². The number of aliphatic hydroxyl groups excluding tert-OH is 1. The second kappa shape index (κ2) is 10.3. The van der Waals surface area contributed by atoms with Gasteiger partial charge in [-0.2, -0.15) is 13.2 Å². The van der Waals surface area contributed by atoms with Crippen LogP contribution < -0.4 is 5.32 Å². The normalized spacial score (nSPS) is 15.1. The molecule has 3 heterocycles. The average Bonchev–Trinajstić information content (AvgIpc) is 3.22. The molecular formula is C23H27F3N4O3S. The molecule has 34 heavy (non-hydrogen) atoms. The number of hydrogen-bond acceptors (Lipinski definition) is 7. The summed E-state index contributed by atoms with van der Waals surface area (Å²) < 4.78 is 39.6. The van der Waals surface area contributed by atoms with Crippen LogP contribution in [0.4, 0.5) is 18.9 Å². The van der Waals surface area contributed by atoms with Crippen LogP contribution >= 0.6 is 11.3 Å². The summed E-state index contributed by atoms with van der Waals surface area (Å²) in [4.78, 5) is 25.3. The van der Waals surface area contributed by atoms with Crippen molar-refractivity contribution in [2.75, 3.05) is 12.4 Å². The first-order valence-corrected chi connectivity index (χ1v) is 11.7. The zero-order valence-electron chi connectivity index (χ0n) is 19.1. The third-order valence-electron chi connectivity index (χ3n) is 5.45. The van der Waals surface area contributed by atoms with Crippen LogP contribution in [0, 0.1) is 0 Å². The molecule has 1 aliphatic carbocycles. The standard InChI is InChI=1S/C22H23F3N4O2S.CH4O/c1-21(2,31)17-14(27-19(30)13-9-6-10-16(26-13)22(23,24)25)11-15-18(28-17)29-20(32-15)12-7-4-3-5-8-12;1-2/h6,9-12,31H,3-5,7-8H2,1-2H3,(H,27,30);2H,1H3. The second-order valence-corrected chi connectivity index (χ2v) is 9.57. The minimum absolute atomic E-state index is 0.186. The maximum Gasteiger partial charge on any atom is 0.433 e. The van der Waals surface area contributed by atoms with E-state index in [0.717, 1.165) is 54.6 Å². The Morgan fingerprint density at radius 1 is 1.09 bits per heavy atom. The van der Waals surface area contributed by atoms with Crippen molar-refractivity contribution >= 4 is 33.3 Å². The Kier molecular flexibility index (Phi) is 7.89. The number of alkyl halides is 3. The van der Waals surface area contributed by atoms with Crippen molar-refractivity contribution in [2.45, 2.75) is 63.6 Å². The fraction of sp³-hybridized carbons (Fsp3) is 0.478. The molecule has 3 N–H and O–H groups in total. The van der Waals surface area contributed by atoms with Gasteiger partial charge in [0.2, 0.25) is 0 Å². The highest BCUT2D eigenvalue weighted by molar-refractivity contribution is 7.18. The van der Waals surface area contributed by atoms with Gasteiger partial charge in [0.25, 0.3) is 5.91 Å². The molecule has 1 aliphatic rings. The van der Waals surface area contributed by atoms with Gasteiger partial charge in [0.15, 0.2) is 5.65 Å². The van der Waals surface area contributed by atoms with Crippen LogP contribution in [-0.4, -0.2) is 38.2 Å². The summed E-state index contributed by atoms with van der Waals surface area (Å²) in [5.74, 6) is -0.444. The summed E-state index contributed by atoms with van der Waals surface area (Å²) >= 11 is 1.50. The second-order valence-electron chi connectivity index (χ2n) is 8.51. The van der Waals surface area contributed by atoms with E-state index in [2.05, 4.69) is 20.3 Å². The molecule has 3 aromatic rings. The van der Waals surface area contributed by atoms with E-state index in [9.17, 15) is 23.1 Å². The lowest BCUT2D eigenvalue weighted by atomic mass is 9.90. The maximum atomic E-state index is 13.0. The van der Waals surface area contributed by atoms with Gasteiger partial charge in [-0.3, -0.25) is 4.79 Å². The number of fused-ring (bicyclic) bond motifs is 1. The van der Waals surface area contributed by atoms with Crippen LogP contribution in [0.15, 0.2) is 24.3 Å². The lowest BCUT2D eigenvalue weighted by Crippen LogP contribution is -2.23. The molecule has 1 fully saturated rings. The fourth-order valence-electron chi connectivity index (χ4n) is 3.87. The molecule has 3 aromatic heterocycles. The van der Waals surface area contributed by atoms with Crippen molar-refractivity contribution < 1.29 is 28.2 Å². The van der Waals surface area contributed by atoms with Gasteiger partial charge in [0.05, 0.1) is 21.1 Å². The predicted octanol–water partition coefficient (Wildman–Crippen LogP) is 5.24. The van der Waals surface area contributed by atoms with E-state index >= 15 is 0 Å². The Labute approximate surface area is 199 Å². The Morgan fingerprint density at radius 2 is 1.76 bits per heavy atom. The highest BCUT2D eigenvalue weighted by Crippen LogP contribution is 2.38. The van der Waals surface area contributed by atoms with Gasteiger partial charge in [0, 0.05) is 13.0 Å². The van der Waals surface area contributed by atoms with Crippen molar-refractivity contribution in [2.24, 2.45) is 0 Å². The third kappa shape index (κ3) is 5.89. The van der Waals surface area contributed by atoms with E-state index < -0.39 is 23.4 Å². The number of anilines is 1. The molecule has 1 amide bonds. The van der Waals surface area contributed by atoms with E-state index in [4.69, 9.17) is 5.11 Å². The molecule has 4 rings (SSSR count). The molecule has 0 radical (unpaired) electrons. The first-order chi connectivity index (χ1) is 16.0. The summed E-state index contributed by atoms with van der Waals surface area (Å²) in [6.07, 6.45) is 1.03. The van der Waals surface area contributed by atoms with Gasteiger partial charge in [-0.25, -0.2) is 15.0 Å². The molecule has 0 aliphatic heterocycles. The molecule has 184 valence electrons. The number of carbonyl (C=O) groups excluding carboxylic acids is 1. The number of carbonyl (C=O) groups is 1. The average molecular weight is 497 g/mol. The number of aromatic nitrogens is 3. The van der Waals surface area contributed by atoms with E-state index in [1.807, 2.05) is 0 Å². The highest BCUT2D eigenvalue weighted by atomic mass is 32.1. The Balaban J connectivity index is 0.00000158. The van der Waals surface area contributed by atoms with Crippen molar-refractivity contribution in [3.8, 4) is 0 Å². The maximum absolute atomic E-state index is 13.0. The molecule has 0 bridgehead atoms. The van der Waals surface area contributed by atoms with E-state index in [1.165, 1.54) is 37.7 Å². The van der Waals surface area contributed by atoms with Crippen LogP contribution in [0.25, 0.3) is 10.3 Å². The van der Waals surface area contributed by atoms with Gasteiger partial charge >= 0.3 is 6.18 Å². The summed E-state index contributed by atoms with van der Waals surface area (Å²) in [7, 11) is 1.00. The first kappa shape index (κ1) is 26.0. The number of nitrogens with one attached hydrogen (secondary N) is 1. The van der Waals surface area contributed by atoms with Crippen LogP contribution in [0.1, 0.15) is 78.8 Å². The third-order valence-corrected chi connectivity index (χ3v) is 6.61. The summed E-state index contributed by atoms with van der Waals surface area (Å²) in [5.41, 5.74) is -2.05. The van der Waals surface area contributed by atoms with Crippen molar-refractivity contribution in [1.82, 2.24) is 15.0 Å². The smallest absolute Gasteiger partial charge is 0.400 e. The monoisotopic (exact) mass is 496 g/mol. The largest absolute Gasteiger partial charge is 0.433 e. The zero-order chi connectivity index (χ0) is 25.1. The van der Waals surface area contributed by atoms with Crippen molar-refractivity contribution in [3.05, 3.63) is 46.4 Å². The lowest BCUT2D eigenvalue weighted by molar-refractivity contribution is -0.141. The molecule has 11 heteroatoms. The quantitative estimate of drug-likeness (QED) is 0.456. The number of thiazole rings is 1. The number of nitrogens with zero attached hydrogens (tertiary/aromatic N) is 3. The molecule has 0 aromatic carbocycles. The number of hydrogen-bond donors (Lipinski definition) is 3. The van der Waals surface area contributed by atoms with Crippen LogP contribution in [0.3, 0.4) is 0 Å². The number of pyridine rings is 2.